The van der Waals surface area contributed by atoms with Crippen LogP contribution in [0.5, 0.6) is 0 Å². The van der Waals surface area contributed by atoms with Crippen molar-refractivity contribution in [1.29, 1.82) is 0 Å². The molecule has 2 rings (SSSR count). The van der Waals surface area contributed by atoms with Crippen LogP contribution in [0.2, 0.25) is 0 Å². The fourth-order valence-corrected chi connectivity index (χ4v) is 2.97. The highest BCUT2D eigenvalue weighted by Crippen LogP contribution is 2.10. The number of nitrogens with one attached hydrogen (secondary N) is 2. The van der Waals surface area contributed by atoms with Crippen LogP contribution < -0.4 is 10.2 Å². The van der Waals surface area contributed by atoms with E-state index < -0.39 is 0 Å². The topological polar surface area (TPSA) is 53.9 Å². The predicted molar refractivity (Wildman–Crippen MR) is 91.3 cm³/mol. The lowest BCUT2D eigenvalue weighted by Gasteiger charge is -2.25. The Morgan fingerprint density at radius 1 is 1.12 bits per heavy atom. The Hall–Kier alpha value is -1.95. The quantitative estimate of drug-likeness (QED) is 0.845. The van der Waals surface area contributed by atoms with Crippen LogP contribution in [-0.2, 0) is 9.59 Å². The summed E-state index contributed by atoms with van der Waals surface area (Å²) in [5.74, 6) is -0.507. The maximum atomic E-state index is 13.1. The maximum Gasteiger partial charge on any atom is 0.279 e. The molecular formula is C18H27FN3O2+. The minimum atomic E-state index is -0.388. The number of carbonyl (C=O) groups is 2. The highest BCUT2D eigenvalue weighted by atomic mass is 19.1. The van der Waals surface area contributed by atoms with Gasteiger partial charge in [0.05, 0.1) is 7.05 Å². The van der Waals surface area contributed by atoms with Gasteiger partial charge in [0.15, 0.2) is 13.1 Å². The number of likely N-dealkylation sites (tertiary alicyclic amines) is 1. The summed E-state index contributed by atoms with van der Waals surface area (Å²) in [4.78, 5) is 27.1. The van der Waals surface area contributed by atoms with Crippen molar-refractivity contribution in [2.75, 3.05) is 38.5 Å². The van der Waals surface area contributed by atoms with Gasteiger partial charge >= 0.3 is 0 Å². The Labute approximate surface area is 142 Å². The van der Waals surface area contributed by atoms with Gasteiger partial charge in [-0.1, -0.05) is 25.3 Å². The van der Waals surface area contributed by atoms with Crippen molar-refractivity contribution >= 4 is 17.5 Å². The lowest BCUT2D eigenvalue weighted by atomic mass is 10.1. The second-order valence-corrected chi connectivity index (χ2v) is 6.52. The fourth-order valence-electron chi connectivity index (χ4n) is 2.97. The third-order valence-corrected chi connectivity index (χ3v) is 4.23. The first-order chi connectivity index (χ1) is 11.5. The Bertz CT molecular complexity index is 557. The van der Waals surface area contributed by atoms with Crippen molar-refractivity contribution in [3.63, 3.8) is 0 Å². The van der Waals surface area contributed by atoms with E-state index in [1.807, 2.05) is 11.9 Å². The molecule has 0 spiro atoms. The minimum absolute atomic E-state index is 0.105. The van der Waals surface area contributed by atoms with E-state index in [0.717, 1.165) is 30.8 Å². The van der Waals surface area contributed by atoms with E-state index in [1.54, 1.807) is 12.1 Å². The molecule has 1 aromatic carbocycles. The van der Waals surface area contributed by atoms with Crippen molar-refractivity contribution in [2.24, 2.45) is 0 Å². The largest absolute Gasteiger partial charge is 0.338 e. The number of likely N-dealkylation sites (N-methyl/N-ethyl adjacent to an activating group) is 1. The second kappa shape index (κ2) is 9.37. The van der Waals surface area contributed by atoms with E-state index >= 15 is 0 Å². The van der Waals surface area contributed by atoms with E-state index in [4.69, 9.17) is 0 Å². The SMILES string of the molecule is C[NH+](CC(=O)Nc1cccc(F)c1)CC(=O)N1CCCCCCC1. The van der Waals surface area contributed by atoms with Crippen LogP contribution in [-0.4, -0.2) is 49.9 Å². The molecule has 1 aromatic rings. The summed E-state index contributed by atoms with van der Waals surface area (Å²) in [7, 11) is 1.83. The number of quaternary nitrogens is 1. The molecule has 1 atom stereocenters. The predicted octanol–water partition coefficient (Wildman–Crippen LogP) is 1.07. The van der Waals surface area contributed by atoms with Gasteiger partial charge in [0.25, 0.3) is 11.8 Å². The molecule has 0 aliphatic carbocycles. The zero-order valence-electron chi connectivity index (χ0n) is 14.3. The molecule has 0 aromatic heterocycles. The number of amides is 2. The minimum Gasteiger partial charge on any atom is -0.338 e. The van der Waals surface area contributed by atoms with Crippen LogP contribution in [0, 0.1) is 5.82 Å². The molecule has 2 N–H and O–H groups in total. The number of nitrogens with zero attached hydrogens (tertiary/aromatic N) is 1. The monoisotopic (exact) mass is 336 g/mol. The number of hydrogen-bond donors (Lipinski definition) is 2. The van der Waals surface area contributed by atoms with Gasteiger partial charge in [-0.15, -0.1) is 0 Å². The summed E-state index contributed by atoms with van der Waals surface area (Å²) >= 11 is 0. The van der Waals surface area contributed by atoms with E-state index in [1.165, 1.54) is 31.4 Å². The van der Waals surface area contributed by atoms with Gasteiger partial charge in [0, 0.05) is 18.8 Å². The summed E-state index contributed by atoms with van der Waals surface area (Å²) in [6.07, 6.45) is 5.74. The molecule has 0 radical (unpaired) electrons. The molecule has 6 heteroatoms. The smallest absolute Gasteiger partial charge is 0.279 e. The van der Waals surface area contributed by atoms with E-state index in [2.05, 4.69) is 5.32 Å². The Kier molecular flexibility index (Phi) is 7.18. The molecule has 2 amide bonds. The zero-order valence-corrected chi connectivity index (χ0v) is 14.3. The average Bonchev–Trinajstić information content (AvgIpc) is 2.46. The number of halogens is 1. The Balaban J connectivity index is 1.77. The first kappa shape index (κ1) is 18.4. The maximum absolute atomic E-state index is 13.1. The number of carbonyl (C=O) groups excluding carboxylic acids is 2. The lowest BCUT2D eigenvalue weighted by molar-refractivity contribution is -0.862. The molecule has 1 aliphatic heterocycles. The summed E-state index contributed by atoms with van der Waals surface area (Å²) in [5.41, 5.74) is 0.433. The number of hydrogen-bond acceptors (Lipinski definition) is 2. The highest BCUT2D eigenvalue weighted by molar-refractivity contribution is 5.91. The molecule has 0 bridgehead atoms. The molecule has 132 valence electrons. The van der Waals surface area contributed by atoms with Crippen molar-refractivity contribution in [3.8, 4) is 0 Å². The summed E-state index contributed by atoms with van der Waals surface area (Å²) < 4.78 is 13.1. The Morgan fingerprint density at radius 3 is 2.46 bits per heavy atom. The third kappa shape index (κ3) is 6.28. The van der Waals surface area contributed by atoms with E-state index in [9.17, 15) is 14.0 Å². The summed E-state index contributed by atoms with van der Waals surface area (Å²) in [6, 6.07) is 5.79. The van der Waals surface area contributed by atoms with Gasteiger partial charge < -0.3 is 15.1 Å². The second-order valence-electron chi connectivity index (χ2n) is 6.52. The molecule has 1 saturated heterocycles. The lowest BCUT2D eigenvalue weighted by Crippen LogP contribution is -3.11. The van der Waals surface area contributed by atoms with Crippen LogP contribution >= 0.6 is 0 Å². The number of anilines is 1. The normalized spacial score (nSPS) is 16.8. The first-order valence-electron chi connectivity index (χ1n) is 8.69. The van der Waals surface area contributed by atoms with Crippen LogP contribution in [0.15, 0.2) is 24.3 Å². The van der Waals surface area contributed by atoms with Gasteiger partial charge in [-0.05, 0) is 31.0 Å². The van der Waals surface area contributed by atoms with Crippen molar-refractivity contribution in [2.45, 2.75) is 32.1 Å². The zero-order chi connectivity index (χ0) is 17.4. The van der Waals surface area contributed by atoms with Crippen LogP contribution in [0.1, 0.15) is 32.1 Å². The van der Waals surface area contributed by atoms with Crippen molar-refractivity contribution < 1.29 is 18.9 Å². The number of rotatable bonds is 5. The van der Waals surface area contributed by atoms with E-state index in [-0.39, 0.29) is 24.2 Å². The first-order valence-corrected chi connectivity index (χ1v) is 8.69. The average molecular weight is 336 g/mol. The molecule has 0 saturated carbocycles. The van der Waals surface area contributed by atoms with Gasteiger partial charge in [-0.3, -0.25) is 9.59 Å². The summed E-state index contributed by atoms with van der Waals surface area (Å²) in [5, 5.41) is 2.66. The molecule has 1 fully saturated rings. The molecule has 1 unspecified atom stereocenters. The molecule has 5 nitrogen and oxygen atoms in total. The van der Waals surface area contributed by atoms with Crippen LogP contribution in [0.25, 0.3) is 0 Å². The van der Waals surface area contributed by atoms with Crippen LogP contribution in [0.3, 0.4) is 0 Å². The number of benzene rings is 1. The van der Waals surface area contributed by atoms with Crippen LogP contribution in [0.4, 0.5) is 10.1 Å². The molecule has 1 heterocycles. The third-order valence-electron chi connectivity index (χ3n) is 4.23. The van der Waals surface area contributed by atoms with Gasteiger partial charge in [0.1, 0.15) is 5.82 Å². The molecule has 1 aliphatic rings. The van der Waals surface area contributed by atoms with Gasteiger partial charge in [0.2, 0.25) is 0 Å². The molecule has 24 heavy (non-hydrogen) atoms. The Morgan fingerprint density at radius 2 is 1.79 bits per heavy atom. The van der Waals surface area contributed by atoms with Gasteiger partial charge in [-0.25, -0.2) is 4.39 Å². The molecular weight excluding hydrogens is 309 g/mol. The van der Waals surface area contributed by atoms with E-state index in [0.29, 0.717) is 12.2 Å². The highest BCUT2D eigenvalue weighted by Gasteiger charge is 2.20. The standard InChI is InChI=1S/C18H26FN3O2/c1-21(13-17(23)20-16-9-7-8-15(19)12-16)14-18(24)22-10-5-3-2-4-6-11-22/h7-9,12H,2-6,10-11,13-14H2,1H3,(H,20,23)/p+1. The van der Waals surface area contributed by atoms with Crippen molar-refractivity contribution in [3.05, 3.63) is 30.1 Å². The fraction of sp³-hybridized carbons (Fsp3) is 0.556. The van der Waals surface area contributed by atoms with Gasteiger partial charge in [-0.2, -0.15) is 0 Å². The van der Waals surface area contributed by atoms with Crippen molar-refractivity contribution in [1.82, 2.24) is 4.90 Å². The summed E-state index contributed by atoms with van der Waals surface area (Å²) in [6.45, 7) is 2.12.